The van der Waals surface area contributed by atoms with E-state index in [2.05, 4.69) is 20.2 Å². The zero-order valence-corrected chi connectivity index (χ0v) is 17.1. The fourth-order valence-electron chi connectivity index (χ4n) is 4.05. The normalized spacial score (nSPS) is 18.5. The van der Waals surface area contributed by atoms with Crippen molar-refractivity contribution < 1.29 is 22.8 Å². The van der Waals surface area contributed by atoms with Crippen LogP contribution in [-0.2, 0) is 0 Å². The number of aryl methyl sites for hydroxylation is 1. The summed E-state index contributed by atoms with van der Waals surface area (Å²) < 4.78 is 38.8. The highest BCUT2D eigenvalue weighted by molar-refractivity contribution is 6.05. The molecule has 2 amide bonds. The van der Waals surface area contributed by atoms with Gasteiger partial charge in [-0.1, -0.05) is 13.0 Å². The quantitative estimate of drug-likeness (QED) is 0.732. The minimum atomic E-state index is -4.46. The first-order valence-electron chi connectivity index (χ1n) is 10.0. The molecule has 1 saturated heterocycles. The molecule has 164 valence electrons. The Kier molecular flexibility index (Phi) is 5.32. The van der Waals surface area contributed by atoms with Gasteiger partial charge in [0, 0.05) is 25.7 Å². The summed E-state index contributed by atoms with van der Waals surface area (Å²) >= 11 is 0. The van der Waals surface area contributed by atoms with Crippen molar-refractivity contribution in [2.45, 2.75) is 38.9 Å². The Morgan fingerprint density at radius 2 is 2.10 bits per heavy atom. The second kappa shape index (κ2) is 7.82. The van der Waals surface area contributed by atoms with Crippen LogP contribution in [0.5, 0.6) is 0 Å². The second-order valence-corrected chi connectivity index (χ2v) is 7.97. The number of amides is 2. The summed E-state index contributed by atoms with van der Waals surface area (Å²) in [4.78, 5) is 37.8. The zero-order valence-electron chi connectivity index (χ0n) is 17.1. The van der Waals surface area contributed by atoms with Gasteiger partial charge in [0.1, 0.15) is 11.5 Å². The maximum absolute atomic E-state index is 13.1. The van der Waals surface area contributed by atoms with Crippen LogP contribution in [0.25, 0.3) is 0 Å². The number of ketones is 1. The van der Waals surface area contributed by atoms with Crippen LogP contribution in [0.4, 0.5) is 35.3 Å². The van der Waals surface area contributed by atoms with E-state index in [1.807, 2.05) is 0 Å². The molecular formula is C21H22F3N5O2. The van der Waals surface area contributed by atoms with Gasteiger partial charge in [0.25, 0.3) is 0 Å². The third-order valence-corrected chi connectivity index (χ3v) is 5.69. The smallest absolute Gasteiger partial charge is 0.366 e. The van der Waals surface area contributed by atoms with E-state index in [4.69, 9.17) is 0 Å². The number of hydrogen-bond donors (Lipinski definition) is 1. The van der Waals surface area contributed by atoms with E-state index >= 15 is 0 Å². The Balaban J connectivity index is 1.68. The van der Waals surface area contributed by atoms with E-state index in [-0.39, 0.29) is 11.7 Å². The summed E-state index contributed by atoms with van der Waals surface area (Å²) in [6.07, 6.45) is -2.88. The Bertz CT molecular complexity index is 1010. The average molecular weight is 433 g/mol. The molecule has 2 bridgehead atoms. The number of carbonyl (C=O) groups is 2. The lowest BCUT2D eigenvalue weighted by Gasteiger charge is -2.36. The van der Waals surface area contributed by atoms with Gasteiger partial charge in [-0.15, -0.1) is 0 Å². The van der Waals surface area contributed by atoms with Crippen LogP contribution in [0.15, 0.2) is 30.5 Å². The molecule has 4 rings (SSSR count). The number of nitrogens with zero attached hydrogens (tertiary/aromatic N) is 4. The van der Waals surface area contributed by atoms with Crippen LogP contribution in [0.3, 0.4) is 0 Å². The molecule has 0 saturated carbocycles. The Morgan fingerprint density at radius 1 is 1.32 bits per heavy atom. The molecule has 4 heterocycles. The second-order valence-electron chi connectivity index (χ2n) is 7.97. The van der Waals surface area contributed by atoms with Gasteiger partial charge >= 0.3 is 12.2 Å². The third-order valence-electron chi connectivity index (χ3n) is 5.69. The number of hydrogen-bond acceptors (Lipinski definition) is 5. The Labute approximate surface area is 177 Å². The van der Waals surface area contributed by atoms with Gasteiger partial charge in [0.15, 0.2) is 11.6 Å². The molecule has 1 N–H and O–H groups in total. The van der Waals surface area contributed by atoms with Gasteiger partial charge in [-0.25, -0.2) is 14.8 Å². The number of anilines is 3. The first kappa shape index (κ1) is 21.1. The summed E-state index contributed by atoms with van der Waals surface area (Å²) in [5.41, 5.74) is 1.36. The van der Waals surface area contributed by atoms with Crippen molar-refractivity contribution in [1.29, 1.82) is 0 Å². The van der Waals surface area contributed by atoms with Crippen LogP contribution >= 0.6 is 0 Å². The molecule has 0 aliphatic carbocycles. The van der Waals surface area contributed by atoms with Gasteiger partial charge in [0.2, 0.25) is 0 Å². The Morgan fingerprint density at radius 3 is 2.77 bits per heavy atom. The van der Waals surface area contributed by atoms with E-state index in [9.17, 15) is 22.8 Å². The van der Waals surface area contributed by atoms with Crippen LogP contribution < -0.4 is 15.1 Å². The topological polar surface area (TPSA) is 78.4 Å². The highest BCUT2D eigenvalue weighted by atomic mass is 19.4. The molecule has 0 unspecified atom stereocenters. The molecule has 0 spiro atoms. The molecule has 2 aliphatic rings. The minimum Gasteiger partial charge on any atom is -0.366 e. The van der Waals surface area contributed by atoms with Crippen LogP contribution in [0, 0.1) is 12.8 Å². The summed E-state index contributed by atoms with van der Waals surface area (Å²) in [5.74, 6) is -1.81. The lowest BCUT2D eigenvalue weighted by molar-refractivity contribution is -0.168. The van der Waals surface area contributed by atoms with Crippen molar-refractivity contribution in [3.8, 4) is 0 Å². The van der Waals surface area contributed by atoms with Crippen molar-refractivity contribution in [3.05, 3.63) is 41.7 Å². The molecule has 31 heavy (non-hydrogen) atoms. The largest absolute Gasteiger partial charge is 0.391 e. The maximum Gasteiger partial charge on any atom is 0.391 e. The van der Waals surface area contributed by atoms with Crippen LogP contribution in [0.1, 0.15) is 35.8 Å². The molecule has 2 aliphatic heterocycles. The molecule has 0 radical (unpaired) electrons. The molecule has 1 fully saturated rings. The van der Waals surface area contributed by atoms with E-state index in [1.165, 1.54) is 11.0 Å². The lowest BCUT2D eigenvalue weighted by atomic mass is 10.0. The number of pyridine rings is 2. The molecular weight excluding hydrogens is 411 g/mol. The van der Waals surface area contributed by atoms with E-state index in [0.717, 1.165) is 25.6 Å². The standard InChI is InChI=1S/C21H22F3N5O2/c1-12-9-15(16(30)10-13(2)21(22,23)24)26-19-18(12)28-8-6-14(11-28)29(19)20(31)27-17-5-3-4-7-25-17/h3-5,7,9,13-14H,6,8,10-11H2,1-2H3,(H,25,27,31)/t13-,14-/m0/s1. The van der Waals surface area contributed by atoms with Crippen molar-refractivity contribution in [1.82, 2.24) is 9.97 Å². The van der Waals surface area contributed by atoms with Crippen LogP contribution in [-0.4, -0.2) is 47.1 Å². The zero-order chi connectivity index (χ0) is 22.3. The van der Waals surface area contributed by atoms with Gasteiger partial charge in [-0.2, -0.15) is 13.2 Å². The number of urea groups is 1. The average Bonchev–Trinajstić information content (AvgIpc) is 3.11. The van der Waals surface area contributed by atoms with Crippen LogP contribution in [0.2, 0.25) is 0 Å². The lowest BCUT2D eigenvalue weighted by Crippen LogP contribution is -2.48. The molecule has 10 heteroatoms. The molecule has 2 aromatic rings. The SMILES string of the molecule is Cc1cc(C(=O)C[C@H](C)C(F)(F)F)nc2c1N1CC[C@@H](C1)N2C(=O)Nc1ccccn1. The first-order chi connectivity index (χ1) is 14.6. The monoisotopic (exact) mass is 433 g/mol. The number of aromatic nitrogens is 2. The van der Waals surface area contributed by atoms with E-state index in [1.54, 1.807) is 31.3 Å². The number of Topliss-reactive ketones (excluding diaryl/α,β-unsaturated/α-hetero) is 1. The molecule has 0 aromatic carbocycles. The first-order valence-corrected chi connectivity index (χ1v) is 10.0. The highest BCUT2D eigenvalue weighted by Gasteiger charge is 2.42. The molecule has 2 atom stereocenters. The summed E-state index contributed by atoms with van der Waals surface area (Å²) in [6.45, 7) is 4.11. The van der Waals surface area contributed by atoms with Gasteiger partial charge in [-0.05, 0) is 37.1 Å². The predicted molar refractivity (Wildman–Crippen MR) is 109 cm³/mol. The molecule has 2 aromatic heterocycles. The van der Waals surface area contributed by atoms with Gasteiger partial charge in [0.05, 0.1) is 17.6 Å². The number of fused-ring (bicyclic) bond motifs is 4. The van der Waals surface area contributed by atoms with Gasteiger partial charge < -0.3 is 4.90 Å². The number of rotatable bonds is 4. The molecule has 7 nitrogen and oxygen atoms in total. The third kappa shape index (κ3) is 4.06. The predicted octanol–water partition coefficient (Wildman–Crippen LogP) is 4.19. The Hall–Kier alpha value is -3.17. The summed E-state index contributed by atoms with van der Waals surface area (Å²) in [7, 11) is 0. The summed E-state index contributed by atoms with van der Waals surface area (Å²) in [5, 5.41) is 2.74. The fraction of sp³-hybridized carbons (Fsp3) is 0.429. The van der Waals surface area contributed by atoms with Crippen molar-refractivity contribution in [2.75, 3.05) is 28.2 Å². The number of carbonyl (C=O) groups excluding carboxylic acids is 2. The highest BCUT2D eigenvalue weighted by Crippen LogP contribution is 2.42. The number of alkyl halides is 3. The van der Waals surface area contributed by atoms with Crippen molar-refractivity contribution in [2.24, 2.45) is 5.92 Å². The van der Waals surface area contributed by atoms with Crippen molar-refractivity contribution in [3.63, 3.8) is 0 Å². The van der Waals surface area contributed by atoms with E-state index in [0.29, 0.717) is 23.7 Å². The van der Waals surface area contributed by atoms with E-state index < -0.39 is 30.3 Å². The summed E-state index contributed by atoms with van der Waals surface area (Å²) in [6, 6.07) is 6.05. The number of nitrogens with one attached hydrogen (secondary N) is 1. The van der Waals surface area contributed by atoms with Crippen molar-refractivity contribution >= 4 is 29.1 Å². The van der Waals surface area contributed by atoms with Gasteiger partial charge in [-0.3, -0.25) is 15.0 Å². The number of halogens is 3. The maximum atomic E-state index is 13.1. The minimum absolute atomic E-state index is 0.0644. The fourth-order valence-corrected chi connectivity index (χ4v) is 4.05.